The van der Waals surface area contributed by atoms with E-state index in [9.17, 15) is 29.4 Å². The lowest BCUT2D eigenvalue weighted by Crippen LogP contribution is -2.52. The Morgan fingerprint density at radius 1 is 0.451 bits per heavy atom. The van der Waals surface area contributed by atoms with Gasteiger partial charge in [-0.3, -0.25) is 19.3 Å². The van der Waals surface area contributed by atoms with E-state index in [-0.39, 0.29) is 25.7 Å². The van der Waals surface area contributed by atoms with E-state index in [0.29, 0.717) is 13.1 Å². The summed E-state index contributed by atoms with van der Waals surface area (Å²) in [4.78, 5) is 50.0. The van der Waals surface area contributed by atoms with E-state index in [1.807, 2.05) is 0 Å². The summed E-state index contributed by atoms with van der Waals surface area (Å²) < 4.78 is 0. The minimum Gasteiger partial charge on any atom is -0.481 e. The van der Waals surface area contributed by atoms with Crippen molar-refractivity contribution in [2.24, 2.45) is 0 Å². The van der Waals surface area contributed by atoms with Crippen LogP contribution in [0.1, 0.15) is 219 Å². The number of hydrogen-bond acceptors (Lipinski definition) is 5. The number of rotatable bonds is 40. The lowest BCUT2D eigenvalue weighted by molar-refractivity contribution is -0.144. The SMILES string of the molecule is CCCCCCCCCCCCCCCCN(CCCCCCCCCCCCCCCC)[C@@H](CCC(=O)O)C(=O)N[C@@H](CCC(=O)O)C(=O)O. The molecule has 1 amide bonds. The second kappa shape index (κ2) is 36.2. The van der Waals surface area contributed by atoms with Crippen LogP contribution in [-0.2, 0) is 19.2 Å². The molecule has 0 aromatic rings. The number of hydrogen-bond donors (Lipinski definition) is 4. The zero-order chi connectivity index (χ0) is 37.8. The van der Waals surface area contributed by atoms with Crippen LogP contribution in [0.3, 0.4) is 0 Å². The number of aliphatic carboxylic acids is 3. The number of nitrogens with zero attached hydrogens (tertiary/aromatic N) is 1. The summed E-state index contributed by atoms with van der Waals surface area (Å²) in [5.74, 6) is -3.94. The van der Waals surface area contributed by atoms with E-state index >= 15 is 0 Å². The molecule has 0 aliphatic heterocycles. The van der Waals surface area contributed by atoms with Crippen LogP contribution >= 0.6 is 0 Å². The number of nitrogens with one attached hydrogen (secondary N) is 1. The van der Waals surface area contributed by atoms with Crippen molar-refractivity contribution < 1.29 is 34.5 Å². The highest BCUT2D eigenvalue weighted by Crippen LogP contribution is 2.18. The Bertz CT molecular complexity index is 821. The van der Waals surface area contributed by atoms with Crippen molar-refractivity contribution in [1.29, 1.82) is 0 Å². The molecule has 0 aromatic carbocycles. The van der Waals surface area contributed by atoms with Gasteiger partial charge in [-0.1, -0.05) is 181 Å². The molecule has 0 rings (SSSR count). The van der Waals surface area contributed by atoms with Crippen LogP contribution in [0.15, 0.2) is 0 Å². The van der Waals surface area contributed by atoms with Crippen LogP contribution in [0.4, 0.5) is 0 Å². The molecule has 0 unspecified atom stereocenters. The first-order chi connectivity index (χ1) is 24.7. The van der Waals surface area contributed by atoms with Gasteiger partial charge in [0.15, 0.2) is 0 Å². The molecular weight excluding hydrogens is 644 g/mol. The molecule has 9 heteroatoms. The fraction of sp³-hybridized carbons (Fsp3) is 0.905. The Morgan fingerprint density at radius 3 is 1.04 bits per heavy atom. The van der Waals surface area contributed by atoms with Crippen molar-refractivity contribution in [3.05, 3.63) is 0 Å². The molecule has 0 spiro atoms. The first kappa shape index (κ1) is 48.8. The highest BCUT2D eigenvalue weighted by Gasteiger charge is 2.30. The number of carbonyl (C=O) groups excluding carboxylic acids is 1. The third-order valence-corrected chi connectivity index (χ3v) is 10.2. The van der Waals surface area contributed by atoms with Gasteiger partial charge in [-0.25, -0.2) is 4.79 Å². The Balaban J connectivity index is 4.88. The average Bonchev–Trinajstić information content (AvgIpc) is 3.09. The van der Waals surface area contributed by atoms with Crippen LogP contribution in [0.25, 0.3) is 0 Å². The zero-order valence-electron chi connectivity index (χ0n) is 33.1. The zero-order valence-corrected chi connectivity index (χ0v) is 33.1. The maximum atomic E-state index is 13.5. The van der Waals surface area contributed by atoms with E-state index in [4.69, 9.17) is 5.11 Å². The molecule has 0 aromatic heterocycles. The fourth-order valence-corrected chi connectivity index (χ4v) is 6.98. The first-order valence-corrected chi connectivity index (χ1v) is 21.4. The van der Waals surface area contributed by atoms with Gasteiger partial charge in [0, 0.05) is 12.8 Å². The van der Waals surface area contributed by atoms with Crippen LogP contribution in [0.2, 0.25) is 0 Å². The second-order valence-corrected chi connectivity index (χ2v) is 15.0. The molecular formula is C42H80N2O7. The standard InChI is InChI=1S/C42H80N2O7/c1-3-5-7-9-11-13-15-17-19-21-23-25-27-29-35-44(36-30-28-26-24-22-20-18-16-14-12-10-8-6-4-2)38(32-34-40(47)48)41(49)43-37(42(50)51)31-33-39(45)46/h37-38H,3-36H2,1-2H3,(H,43,49)(H,45,46)(H,47,48)(H,50,51)/t37-,38-/m0/s1. The van der Waals surface area contributed by atoms with Gasteiger partial charge >= 0.3 is 17.9 Å². The van der Waals surface area contributed by atoms with Gasteiger partial charge in [0.1, 0.15) is 6.04 Å². The summed E-state index contributed by atoms with van der Waals surface area (Å²) >= 11 is 0. The quantitative estimate of drug-likeness (QED) is 0.0457. The number of amides is 1. The maximum Gasteiger partial charge on any atom is 0.326 e. The highest BCUT2D eigenvalue weighted by atomic mass is 16.4. The molecule has 2 atom stereocenters. The van der Waals surface area contributed by atoms with Crippen molar-refractivity contribution in [1.82, 2.24) is 10.2 Å². The van der Waals surface area contributed by atoms with Crippen LogP contribution in [0, 0.1) is 0 Å². The molecule has 300 valence electrons. The van der Waals surface area contributed by atoms with E-state index < -0.39 is 35.9 Å². The van der Waals surface area contributed by atoms with Gasteiger partial charge in [-0.15, -0.1) is 0 Å². The molecule has 0 bridgehead atoms. The summed E-state index contributed by atoms with van der Waals surface area (Å²) in [5.41, 5.74) is 0. The summed E-state index contributed by atoms with van der Waals surface area (Å²) in [7, 11) is 0. The van der Waals surface area contributed by atoms with Crippen molar-refractivity contribution in [2.75, 3.05) is 13.1 Å². The van der Waals surface area contributed by atoms with Crippen molar-refractivity contribution in [3.63, 3.8) is 0 Å². The Kier molecular flexibility index (Phi) is 34.7. The molecule has 4 N–H and O–H groups in total. The van der Waals surface area contributed by atoms with Gasteiger partial charge in [0.05, 0.1) is 6.04 Å². The Labute approximate surface area is 312 Å². The van der Waals surface area contributed by atoms with E-state index in [2.05, 4.69) is 24.1 Å². The Hall–Kier alpha value is -2.16. The second-order valence-electron chi connectivity index (χ2n) is 15.0. The lowest BCUT2D eigenvalue weighted by Gasteiger charge is -2.31. The summed E-state index contributed by atoms with van der Waals surface area (Å²) in [6, 6.07) is -2.10. The fourth-order valence-electron chi connectivity index (χ4n) is 6.98. The number of unbranched alkanes of at least 4 members (excludes halogenated alkanes) is 26. The van der Waals surface area contributed by atoms with Gasteiger partial charge in [0.2, 0.25) is 5.91 Å². The molecule has 0 aliphatic carbocycles. The summed E-state index contributed by atoms with van der Waals surface area (Å²) in [6.45, 7) is 5.81. The minimum absolute atomic E-state index is 0.0869. The molecule has 0 heterocycles. The molecule has 0 aliphatic rings. The minimum atomic E-state index is -1.33. The van der Waals surface area contributed by atoms with Gasteiger partial charge in [-0.05, 0) is 38.8 Å². The third kappa shape index (κ3) is 32.2. The maximum absolute atomic E-state index is 13.5. The molecule has 0 radical (unpaired) electrons. The molecule has 0 saturated heterocycles. The average molecular weight is 725 g/mol. The number of carbonyl (C=O) groups is 4. The molecule has 0 fully saturated rings. The van der Waals surface area contributed by atoms with Crippen LogP contribution < -0.4 is 5.32 Å². The summed E-state index contributed by atoms with van der Waals surface area (Å²) in [5, 5.41) is 30.7. The molecule has 51 heavy (non-hydrogen) atoms. The van der Waals surface area contributed by atoms with E-state index in [1.165, 1.54) is 141 Å². The van der Waals surface area contributed by atoms with Gasteiger partial charge in [-0.2, -0.15) is 0 Å². The normalized spacial score (nSPS) is 12.6. The van der Waals surface area contributed by atoms with Gasteiger partial charge < -0.3 is 20.6 Å². The van der Waals surface area contributed by atoms with Crippen molar-refractivity contribution >= 4 is 23.8 Å². The molecule has 9 nitrogen and oxygen atoms in total. The van der Waals surface area contributed by atoms with Gasteiger partial charge in [0.25, 0.3) is 0 Å². The Morgan fingerprint density at radius 2 is 0.745 bits per heavy atom. The largest absolute Gasteiger partial charge is 0.481 e. The molecule has 0 saturated carbocycles. The first-order valence-electron chi connectivity index (χ1n) is 21.4. The van der Waals surface area contributed by atoms with Crippen LogP contribution in [-0.4, -0.2) is 69.2 Å². The van der Waals surface area contributed by atoms with E-state index in [0.717, 1.165) is 38.5 Å². The predicted octanol–water partition coefficient (Wildman–Crippen LogP) is 10.9. The topological polar surface area (TPSA) is 144 Å². The lowest BCUT2D eigenvalue weighted by atomic mass is 10.0. The number of carboxylic acid groups (broad SMARTS) is 3. The van der Waals surface area contributed by atoms with Crippen molar-refractivity contribution in [3.8, 4) is 0 Å². The van der Waals surface area contributed by atoms with Crippen LogP contribution in [0.5, 0.6) is 0 Å². The third-order valence-electron chi connectivity index (χ3n) is 10.2. The van der Waals surface area contributed by atoms with Crippen molar-refractivity contribution in [2.45, 2.75) is 231 Å². The van der Waals surface area contributed by atoms with E-state index in [1.54, 1.807) is 0 Å². The smallest absolute Gasteiger partial charge is 0.326 e. The monoisotopic (exact) mass is 725 g/mol. The summed E-state index contributed by atoms with van der Waals surface area (Å²) in [6.07, 6.45) is 34.4. The predicted molar refractivity (Wildman–Crippen MR) is 209 cm³/mol. The highest BCUT2D eigenvalue weighted by molar-refractivity contribution is 5.87. The number of carboxylic acids is 3.